The van der Waals surface area contributed by atoms with Crippen LogP contribution in [0.4, 0.5) is 5.82 Å². The number of rotatable bonds is 4. The zero-order valence-electron chi connectivity index (χ0n) is 14.7. The molecule has 1 atom stereocenters. The highest BCUT2D eigenvalue weighted by Crippen LogP contribution is 2.26. The number of hydrogen-bond acceptors (Lipinski definition) is 7. The van der Waals surface area contributed by atoms with Crippen LogP contribution in [-0.2, 0) is 11.8 Å². The summed E-state index contributed by atoms with van der Waals surface area (Å²) in [5.41, 5.74) is 0.599. The van der Waals surface area contributed by atoms with Gasteiger partial charge < -0.3 is 19.3 Å². The molecule has 9 nitrogen and oxygen atoms in total. The Hall–Kier alpha value is -2.68. The van der Waals surface area contributed by atoms with Crippen LogP contribution < -0.4 is 9.64 Å². The van der Waals surface area contributed by atoms with Gasteiger partial charge in [0.05, 0.1) is 31.5 Å². The third kappa shape index (κ3) is 3.48. The van der Waals surface area contributed by atoms with E-state index in [0.717, 1.165) is 25.3 Å². The summed E-state index contributed by atoms with van der Waals surface area (Å²) in [6, 6.07) is 0. The van der Waals surface area contributed by atoms with Gasteiger partial charge in [0, 0.05) is 51.7 Å². The Balaban J connectivity index is 1.42. The Kier molecular flexibility index (Phi) is 4.70. The highest BCUT2D eigenvalue weighted by molar-refractivity contribution is 5.93. The molecule has 0 aromatic carbocycles. The summed E-state index contributed by atoms with van der Waals surface area (Å²) in [5, 5.41) is 4.06. The molecular formula is C17H22N6O3. The summed E-state index contributed by atoms with van der Waals surface area (Å²) in [5.74, 6) is 1.25. The fourth-order valence-electron chi connectivity index (χ4n) is 3.27. The number of likely N-dealkylation sites (tertiary alicyclic amines) is 1. The van der Waals surface area contributed by atoms with Crippen molar-refractivity contribution >= 4 is 11.7 Å². The summed E-state index contributed by atoms with van der Waals surface area (Å²) in [7, 11) is 1.80. The third-order valence-corrected chi connectivity index (χ3v) is 4.62. The Bertz CT molecular complexity index is 773. The molecule has 0 N–H and O–H groups in total. The lowest BCUT2D eigenvalue weighted by Crippen LogP contribution is -2.37. The van der Waals surface area contributed by atoms with E-state index >= 15 is 0 Å². The normalized spacial score (nSPS) is 20.4. The predicted octanol–water partition coefficient (Wildman–Crippen LogP) is 0.340. The second kappa shape index (κ2) is 7.28. The highest BCUT2D eigenvalue weighted by Gasteiger charge is 2.30. The molecule has 0 bridgehead atoms. The van der Waals surface area contributed by atoms with E-state index < -0.39 is 0 Å². The van der Waals surface area contributed by atoms with E-state index in [1.165, 1.54) is 0 Å². The van der Waals surface area contributed by atoms with Crippen LogP contribution in [0.5, 0.6) is 5.88 Å². The SMILES string of the molecule is Cn1cc(C(=O)N2CCC(Oc3nccnc3N3CCOCC3)C2)cn1. The quantitative estimate of drug-likeness (QED) is 0.779. The number of amides is 1. The van der Waals surface area contributed by atoms with E-state index in [1.54, 1.807) is 41.4 Å². The summed E-state index contributed by atoms with van der Waals surface area (Å²) >= 11 is 0. The van der Waals surface area contributed by atoms with E-state index in [0.29, 0.717) is 37.7 Å². The Morgan fingerprint density at radius 3 is 2.81 bits per heavy atom. The van der Waals surface area contributed by atoms with Crippen molar-refractivity contribution in [1.82, 2.24) is 24.6 Å². The first-order chi connectivity index (χ1) is 12.7. The Morgan fingerprint density at radius 2 is 2.04 bits per heavy atom. The first-order valence-electron chi connectivity index (χ1n) is 8.79. The minimum atomic E-state index is -0.0906. The summed E-state index contributed by atoms with van der Waals surface area (Å²) in [6.45, 7) is 4.08. The van der Waals surface area contributed by atoms with Crippen molar-refractivity contribution in [1.29, 1.82) is 0 Å². The zero-order chi connectivity index (χ0) is 17.9. The molecular weight excluding hydrogens is 336 g/mol. The smallest absolute Gasteiger partial charge is 0.257 e. The minimum absolute atomic E-state index is 0.0169. The van der Waals surface area contributed by atoms with Crippen molar-refractivity contribution in [2.24, 2.45) is 7.05 Å². The van der Waals surface area contributed by atoms with Crippen molar-refractivity contribution in [2.75, 3.05) is 44.3 Å². The average molecular weight is 358 g/mol. The first kappa shape index (κ1) is 16.8. The topological polar surface area (TPSA) is 85.6 Å². The van der Waals surface area contributed by atoms with Crippen LogP contribution in [0.25, 0.3) is 0 Å². The second-order valence-electron chi connectivity index (χ2n) is 6.47. The van der Waals surface area contributed by atoms with E-state index in [-0.39, 0.29) is 12.0 Å². The predicted molar refractivity (Wildman–Crippen MR) is 93.2 cm³/mol. The monoisotopic (exact) mass is 358 g/mol. The number of anilines is 1. The Labute approximate surface area is 151 Å². The van der Waals surface area contributed by atoms with Gasteiger partial charge in [0.25, 0.3) is 11.8 Å². The van der Waals surface area contributed by atoms with Gasteiger partial charge in [-0.25, -0.2) is 9.97 Å². The third-order valence-electron chi connectivity index (χ3n) is 4.62. The molecule has 4 heterocycles. The molecule has 2 aromatic heterocycles. The van der Waals surface area contributed by atoms with Crippen molar-refractivity contribution in [3.63, 3.8) is 0 Å². The van der Waals surface area contributed by atoms with Crippen LogP contribution in [-0.4, -0.2) is 76.1 Å². The van der Waals surface area contributed by atoms with Crippen LogP contribution in [0.15, 0.2) is 24.8 Å². The van der Waals surface area contributed by atoms with Crippen LogP contribution in [0.3, 0.4) is 0 Å². The molecule has 4 rings (SSSR count). The molecule has 0 radical (unpaired) electrons. The number of aryl methyl sites for hydroxylation is 1. The minimum Gasteiger partial charge on any atom is -0.470 e. The van der Waals surface area contributed by atoms with E-state index in [2.05, 4.69) is 20.0 Å². The van der Waals surface area contributed by atoms with Gasteiger partial charge in [-0.05, 0) is 0 Å². The number of carbonyl (C=O) groups excluding carboxylic acids is 1. The zero-order valence-corrected chi connectivity index (χ0v) is 14.7. The number of hydrogen-bond donors (Lipinski definition) is 0. The van der Waals surface area contributed by atoms with E-state index in [9.17, 15) is 4.79 Å². The van der Waals surface area contributed by atoms with E-state index in [1.807, 2.05) is 0 Å². The van der Waals surface area contributed by atoms with Gasteiger partial charge >= 0.3 is 0 Å². The molecule has 2 saturated heterocycles. The Morgan fingerprint density at radius 1 is 1.23 bits per heavy atom. The molecule has 2 fully saturated rings. The van der Waals surface area contributed by atoms with Gasteiger partial charge in [-0.15, -0.1) is 0 Å². The summed E-state index contributed by atoms with van der Waals surface area (Å²) < 4.78 is 13.1. The van der Waals surface area contributed by atoms with Crippen LogP contribution in [0.2, 0.25) is 0 Å². The average Bonchev–Trinajstić information content (AvgIpc) is 3.32. The van der Waals surface area contributed by atoms with Crippen LogP contribution in [0, 0.1) is 0 Å². The maximum atomic E-state index is 12.5. The standard InChI is InChI=1S/C17H22N6O3/c1-21-11-13(10-20-21)17(24)23-5-2-14(12-23)26-16-15(18-3-4-19-16)22-6-8-25-9-7-22/h3-4,10-11,14H,2,5-9,12H2,1H3. The molecule has 1 unspecified atom stereocenters. The number of aromatic nitrogens is 4. The van der Waals surface area contributed by atoms with Gasteiger partial charge in [-0.3, -0.25) is 9.48 Å². The summed E-state index contributed by atoms with van der Waals surface area (Å²) in [4.78, 5) is 25.3. The van der Waals surface area contributed by atoms with Gasteiger partial charge in [0.15, 0.2) is 5.82 Å². The molecule has 2 aliphatic heterocycles. The summed E-state index contributed by atoms with van der Waals surface area (Å²) in [6.07, 6.45) is 7.31. The molecule has 26 heavy (non-hydrogen) atoms. The first-order valence-corrected chi connectivity index (χ1v) is 8.79. The fourth-order valence-corrected chi connectivity index (χ4v) is 3.27. The van der Waals surface area contributed by atoms with Gasteiger partial charge in [0.2, 0.25) is 0 Å². The lowest BCUT2D eigenvalue weighted by molar-refractivity contribution is 0.0770. The molecule has 0 spiro atoms. The molecule has 2 aliphatic rings. The van der Waals surface area contributed by atoms with E-state index in [4.69, 9.17) is 9.47 Å². The fraction of sp³-hybridized carbons (Fsp3) is 0.529. The number of carbonyl (C=O) groups is 1. The lowest BCUT2D eigenvalue weighted by atomic mass is 10.3. The number of morpholine rings is 1. The number of ether oxygens (including phenoxy) is 2. The molecule has 0 aliphatic carbocycles. The van der Waals surface area contributed by atoms with Crippen LogP contribution >= 0.6 is 0 Å². The van der Waals surface area contributed by atoms with Crippen molar-refractivity contribution in [2.45, 2.75) is 12.5 Å². The molecule has 1 amide bonds. The van der Waals surface area contributed by atoms with Gasteiger partial charge in [-0.1, -0.05) is 0 Å². The van der Waals surface area contributed by atoms with Crippen LogP contribution in [0.1, 0.15) is 16.8 Å². The molecule has 9 heteroatoms. The molecule has 0 saturated carbocycles. The maximum Gasteiger partial charge on any atom is 0.257 e. The molecule has 2 aromatic rings. The van der Waals surface area contributed by atoms with Crippen molar-refractivity contribution < 1.29 is 14.3 Å². The number of nitrogens with zero attached hydrogens (tertiary/aromatic N) is 6. The maximum absolute atomic E-state index is 12.5. The van der Waals surface area contributed by atoms with Crippen molar-refractivity contribution in [3.05, 3.63) is 30.4 Å². The van der Waals surface area contributed by atoms with Gasteiger partial charge in [0.1, 0.15) is 6.10 Å². The largest absolute Gasteiger partial charge is 0.470 e. The molecule has 138 valence electrons. The van der Waals surface area contributed by atoms with Crippen molar-refractivity contribution in [3.8, 4) is 5.88 Å². The highest BCUT2D eigenvalue weighted by atomic mass is 16.5. The second-order valence-corrected chi connectivity index (χ2v) is 6.47. The lowest BCUT2D eigenvalue weighted by Gasteiger charge is -2.29. The van der Waals surface area contributed by atoms with Gasteiger partial charge in [-0.2, -0.15) is 5.10 Å².